The second kappa shape index (κ2) is 7.25. The Bertz CT molecular complexity index is 1160. The number of hydrogen-bond acceptors (Lipinski definition) is 7. The van der Waals surface area contributed by atoms with Crippen molar-refractivity contribution < 1.29 is 9.47 Å². The van der Waals surface area contributed by atoms with Crippen LogP contribution in [0.2, 0.25) is 0 Å². The molecular weight excluding hydrogens is 358 g/mol. The molecule has 1 aliphatic heterocycles. The molecule has 0 aliphatic carbocycles. The third-order valence-corrected chi connectivity index (χ3v) is 4.23. The van der Waals surface area contributed by atoms with Crippen LogP contribution in [0.25, 0.3) is 11.3 Å². The van der Waals surface area contributed by atoms with Crippen molar-refractivity contribution in [2.75, 3.05) is 12.2 Å². The van der Waals surface area contributed by atoms with Crippen LogP contribution in [-0.2, 0) is 7.05 Å². The van der Waals surface area contributed by atoms with E-state index in [-0.39, 0.29) is 24.0 Å². The molecule has 2 aromatic carbocycles. The summed E-state index contributed by atoms with van der Waals surface area (Å²) in [5.74, 6) is 1.36. The highest BCUT2D eigenvalue weighted by Crippen LogP contribution is 2.36. The molecule has 0 spiro atoms. The van der Waals surface area contributed by atoms with Gasteiger partial charge in [-0.15, -0.1) is 0 Å². The lowest BCUT2D eigenvalue weighted by molar-refractivity contribution is 0.174. The van der Waals surface area contributed by atoms with Gasteiger partial charge in [0, 0.05) is 12.6 Å². The van der Waals surface area contributed by atoms with Crippen molar-refractivity contribution in [2.45, 2.75) is 0 Å². The SMILES string of the molecule is Cn1c(N/N=C/c2ccccc2)nc(-c2ccc3c(c2)OCO3)c(C#N)c1=O. The molecule has 0 fully saturated rings. The van der Waals surface area contributed by atoms with Gasteiger partial charge in [-0.05, 0) is 23.8 Å². The van der Waals surface area contributed by atoms with Crippen LogP contribution in [0.4, 0.5) is 5.95 Å². The summed E-state index contributed by atoms with van der Waals surface area (Å²) >= 11 is 0. The number of nitrogens with zero attached hydrogens (tertiary/aromatic N) is 4. The van der Waals surface area contributed by atoms with Crippen molar-refractivity contribution in [1.29, 1.82) is 5.26 Å². The fraction of sp³-hybridized carbons (Fsp3) is 0.100. The molecule has 0 amide bonds. The molecule has 0 unspecified atom stereocenters. The number of nitrogens with one attached hydrogen (secondary N) is 1. The van der Waals surface area contributed by atoms with Gasteiger partial charge in [-0.2, -0.15) is 10.4 Å². The van der Waals surface area contributed by atoms with Gasteiger partial charge in [0.05, 0.1) is 11.9 Å². The van der Waals surface area contributed by atoms with Crippen LogP contribution < -0.4 is 20.5 Å². The van der Waals surface area contributed by atoms with E-state index in [0.717, 1.165) is 5.56 Å². The Morgan fingerprint density at radius 3 is 2.79 bits per heavy atom. The number of fused-ring (bicyclic) bond motifs is 1. The third-order valence-electron chi connectivity index (χ3n) is 4.23. The fourth-order valence-electron chi connectivity index (χ4n) is 2.76. The number of aromatic nitrogens is 2. The standard InChI is InChI=1S/C20H15N5O3/c1-25-19(26)15(10-21)18(14-7-8-16-17(9-14)28-12-27-16)23-20(25)24-22-11-13-5-3-2-4-6-13/h2-9,11H,12H2,1H3,(H,23,24)/b22-11+. The van der Waals surface area contributed by atoms with Crippen molar-refractivity contribution in [3.05, 3.63) is 70.0 Å². The van der Waals surface area contributed by atoms with Crippen LogP contribution in [0.15, 0.2) is 58.4 Å². The lowest BCUT2D eigenvalue weighted by Crippen LogP contribution is -2.24. The van der Waals surface area contributed by atoms with Crippen molar-refractivity contribution in [2.24, 2.45) is 12.1 Å². The minimum Gasteiger partial charge on any atom is -0.454 e. The summed E-state index contributed by atoms with van der Waals surface area (Å²) in [4.78, 5) is 17.1. The van der Waals surface area contributed by atoms with E-state index in [1.54, 1.807) is 24.4 Å². The number of rotatable bonds is 4. The molecule has 8 nitrogen and oxygen atoms in total. The molecule has 0 saturated heterocycles. The summed E-state index contributed by atoms with van der Waals surface area (Å²) in [6.07, 6.45) is 1.62. The Morgan fingerprint density at radius 2 is 2.00 bits per heavy atom. The molecule has 0 atom stereocenters. The van der Waals surface area contributed by atoms with E-state index in [1.165, 1.54) is 11.6 Å². The van der Waals surface area contributed by atoms with Crippen LogP contribution in [0.5, 0.6) is 11.5 Å². The number of hydrogen-bond donors (Lipinski definition) is 1. The number of nitriles is 1. The van der Waals surface area contributed by atoms with Crippen LogP contribution in [0, 0.1) is 11.3 Å². The lowest BCUT2D eigenvalue weighted by Gasteiger charge is -2.11. The predicted molar refractivity (Wildman–Crippen MR) is 103 cm³/mol. The molecule has 4 rings (SSSR count). The molecule has 3 aromatic rings. The Morgan fingerprint density at radius 1 is 1.21 bits per heavy atom. The topological polar surface area (TPSA) is 102 Å². The largest absolute Gasteiger partial charge is 0.454 e. The summed E-state index contributed by atoms with van der Waals surface area (Å²) < 4.78 is 11.9. The number of ether oxygens (including phenoxy) is 2. The zero-order valence-corrected chi connectivity index (χ0v) is 14.9. The molecular formula is C20H15N5O3. The average molecular weight is 373 g/mol. The first-order valence-electron chi connectivity index (χ1n) is 8.42. The van der Waals surface area contributed by atoms with E-state index in [0.29, 0.717) is 17.1 Å². The van der Waals surface area contributed by atoms with Crippen molar-refractivity contribution in [3.8, 4) is 28.8 Å². The van der Waals surface area contributed by atoms with Gasteiger partial charge in [0.1, 0.15) is 11.6 Å². The molecule has 8 heteroatoms. The van der Waals surface area contributed by atoms with Gasteiger partial charge < -0.3 is 9.47 Å². The Hall–Kier alpha value is -4.12. The first-order valence-corrected chi connectivity index (χ1v) is 8.42. The molecule has 0 radical (unpaired) electrons. The van der Waals surface area contributed by atoms with Gasteiger partial charge >= 0.3 is 0 Å². The molecule has 1 aromatic heterocycles. The van der Waals surface area contributed by atoms with Gasteiger partial charge in [-0.3, -0.25) is 9.36 Å². The van der Waals surface area contributed by atoms with Gasteiger partial charge in [-0.25, -0.2) is 10.4 Å². The lowest BCUT2D eigenvalue weighted by atomic mass is 10.1. The maximum atomic E-state index is 12.6. The maximum Gasteiger partial charge on any atom is 0.273 e. The smallest absolute Gasteiger partial charge is 0.273 e. The normalized spacial score (nSPS) is 12.1. The van der Waals surface area contributed by atoms with Gasteiger partial charge in [0.2, 0.25) is 12.7 Å². The van der Waals surface area contributed by atoms with E-state index in [2.05, 4.69) is 15.5 Å². The summed E-state index contributed by atoms with van der Waals surface area (Å²) in [7, 11) is 1.53. The minimum absolute atomic E-state index is 0.0565. The average Bonchev–Trinajstić information content (AvgIpc) is 3.19. The molecule has 2 heterocycles. The number of hydrazone groups is 1. The Balaban J connectivity index is 1.73. The van der Waals surface area contributed by atoms with Crippen molar-refractivity contribution in [1.82, 2.24) is 9.55 Å². The molecule has 0 saturated carbocycles. The van der Waals surface area contributed by atoms with Crippen LogP contribution in [0.3, 0.4) is 0 Å². The highest BCUT2D eigenvalue weighted by atomic mass is 16.7. The van der Waals surface area contributed by atoms with Crippen LogP contribution in [-0.4, -0.2) is 22.6 Å². The van der Waals surface area contributed by atoms with Crippen molar-refractivity contribution >= 4 is 12.2 Å². The van der Waals surface area contributed by atoms with E-state index < -0.39 is 5.56 Å². The molecule has 1 N–H and O–H groups in total. The van der Waals surface area contributed by atoms with E-state index in [1.807, 2.05) is 36.4 Å². The molecule has 138 valence electrons. The second-order valence-corrected chi connectivity index (χ2v) is 5.98. The summed E-state index contributed by atoms with van der Waals surface area (Å²) in [6, 6.07) is 16.6. The van der Waals surface area contributed by atoms with E-state index in [9.17, 15) is 10.1 Å². The zero-order chi connectivity index (χ0) is 19.5. The van der Waals surface area contributed by atoms with Crippen LogP contribution >= 0.6 is 0 Å². The Kier molecular flexibility index (Phi) is 4.48. The maximum absolute atomic E-state index is 12.6. The number of benzene rings is 2. The number of anilines is 1. The molecule has 28 heavy (non-hydrogen) atoms. The van der Waals surface area contributed by atoms with Crippen molar-refractivity contribution in [3.63, 3.8) is 0 Å². The summed E-state index contributed by atoms with van der Waals surface area (Å²) in [6.45, 7) is 0.134. The monoisotopic (exact) mass is 373 g/mol. The van der Waals surface area contributed by atoms with Crippen LogP contribution in [0.1, 0.15) is 11.1 Å². The first-order chi connectivity index (χ1) is 13.7. The third kappa shape index (κ3) is 3.17. The first kappa shape index (κ1) is 17.3. The molecule has 1 aliphatic rings. The van der Waals surface area contributed by atoms with Gasteiger partial charge in [0.15, 0.2) is 11.5 Å². The quantitative estimate of drug-likeness (QED) is 0.557. The van der Waals surface area contributed by atoms with E-state index >= 15 is 0 Å². The highest BCUT2D eigenvalue weighted by Gasteiger charge is 2.19. The second-order valence-electron chi connectivity index (χ2n) is 5.98. The minimum atomic E-state index is -0.470. The van der Waals surface area contributed by atoms with Gasteiger partial charge in [-0.1, -0.05) is 30.3 Å². The zero-order valence-electron chi connectivity index (χ0n) is 14.9. The summed E-state index contributed by atoms with van der Waals surface area (Å²) in [5, 5.41) is 13.6. The molecule has 0 bridgehead atoms. The highest BCUT2D eigenvalue weighted by molar-refractivity contribution is 5.80. The predicted octanol–water partition coefficient (Wildman–Crippen LogP) is 2.49. The summed E-state index contributed by atoms with van der Waals surface area (Å²) in [5.41, 5.74) is 3.97. The fourth-order valence-corrected chi connectivity index (χ4v) is 2.76. The van der Waals surface area contributed by atoms with E-state index in [4.69, 9.17) is 9.47 Å². The van der Waals surface area contributed by atoms with Gasteiger partial charge in [0.25, 0.3) is 5.56 Å². The Labute approximate surface area is 160 Å².